The Morgan fingerprint density at radius 3 is 2.30 bits per heavy atom. The molecule has 0 spiro atoms. The van der Waals surface area contributed by atoms with Gasteiger partial charge in [0.2, 0.25) is 0 Å². The summed E-state index contributed by atoms with van der Waals surface area (Å²) >= 11 is 1.36. The molecule has 2 nitrogen and oxygen atoms in total. The van der Waals surface area contributed by atoms with Crippen molar-refractivity contribution in [3.8, 4) is 0 Å². The second-order valence-electron chi connectivity index (χ2n) is 4.87. The van der Waals surface area contributed by atoms with E-state index in [1.807, 2.05) is 26.2 Å². The van der Waals surface area contributed by atoms with Gasteiger partial charge in [0.1, 0.15) is 10.8 Å². The Labute approximate surface area is 119 Å². The van der Waals surface area contributed by atoms with Gasteiger partial charge in [0.25, 0.3) is 0 Å². The number of hydrogen-bond donors (Lipinski definition) is 1. The Bertz CT molecular complexity index is 610. The fourth-order valence-electron chi connectivity index (χ4n) is 1.89. The molecular formula is C14H15F3N2S. The largest absolute Gasteiger partial charge is 0.302 e. The van der Waals surface area contributed by atoms with E-state index < -0.39 is 23.5 Å². The first-order valence-corrected chi connectivity index (χ1v) is 7.09. The minimum atomic E-state index is -1.19. The van der Waals surface area contributed by atoms with Crippen LogP contribution < -0.4 is 5.32 Å². The van der Waals surface area contributed by atoms with Gasteiger partial charge in [-0.3, -0.25) is 0 Å². The molecule has 0 bridgehead atoms. The SMILES string of the molecule is Cc1csc(C(NC(C)C)c2cc(F)c(F)cc2F)n1. The topological polar surface area (TPSA) is 24.9 Å². The summed E-state index contributed by atoms with van der Waals surface area (Å²) in [6.07, 6.45) is 0. The maximum absolute atomic E-state index is 14.0. The van der Waals surface area contributed by atoms with E-state index >= 15 is 0 Å². The monoisotopic (exact) mass is 300 g/mol. The first-order chi connectivity index (χ1) is 9.38. The van der Waals surface area contributed by atoms with Crippen LogP contribution in [0.3, 0.4) is 0 Å². The van der Waals surface area contributed by atoms with E-state index in [2.05, 4.69) is 10.3 Å². The van der Waals surface area contributed by atoms with E-state index in [4.69, 9.17) is 0 Å². The van der Waals surface area contributed by atoms with Crippen LogP contribution in [-0.2, 0) is 0 Å². The van der Waals surface area contributed by atoms with Crippen molar-refractivity contribution >= 4 is 11.3 Å². The number of halogens is 3. The Hall–Kier alpha value is -1.40. The minimum Gasteiger partial charge on any atom is -0.302 e. The molecule has 1 heterocycles. The van der Waals surface area contributed by atoms with Gasteiger partial charge in [-0.15, -0.1) is 11.3 Å². The van der Waals surface area contributed by atoms with Crippen molar-refractivity contribution in [3.63, 3.8) is 0 Å². The first-order valence-electron chi connectivity index (χ1n) is 6.21. The Balaban J connectivity index is 2.49. The quantitative estimate of drug-likeness (QED) is 0.865. The summed E-state index contributed by atoms with van der Waals surface area (Å²) in [5.41, 5.74) is 0.871. The van der Waals surface area contributed by atoms with Crippen molar-refractivity contribution in [2.45, 2.75) is 32.9 Å². The molecule has 1 atom stereocenters. The second kappa shape index (κ2) is 5.93. The summed E-state index contributed by atoms with van der Waals surface area (Å²) in [6, 6.07) is 0.905. The first kappa shape index (κ1) is 15.0. The average Bonchev–Trinajstić information content (AvgIpc) is 2.77. The van der Waals surface area contributed by atoms with Gasteiger partial charge in [0.05, 0.1) is 6.04 Å². The van der Waals surface area contributed by atoms with E-state index in [-0.39, 0.29) is 11.6 Å². The average molecular weight is 300 g/mol. The van der Waals surface area contributed by atoms with Crippen LogP contribution >= 0.6 is 11.3 Å². The summed E-state index contributed by atoms with van der Waals surface area (Å²) in [5.74, 6) is -3.04. The highest BCUT2D eigenvalue weighted by molar-refractivity contribution is 7.09. The molecule has 0 saturated carbocycles. The number of nitrogens with zero attached hydrogens (tertiary/aromatic N) is 1. The molecule has 2 aromatic rings. The molecule has 0 radical (unpaired) electrons. The fourth-order valence-corrected chi connectivity index (χ4v) is 2.76. The van der Waals surface area contributed by atoms with Gasteiger partial charge in [0.15, 0.2) is 11.6 Å². The van der Waals surface area contributed by atoms with E-state index in [9.17, 15) is 13.2 Å². The molecule has 0 amide bonds. The van der Waals surface area contributed by atoms with Crippen molar-refractivity contribution in [1.29, 1.82) is 0 Å². The van der Waals surface area contributed by atoms with Gasteiger partial charge >= 0.3 is 0 Å². The molecule has 0 aliphatic heterocycles. The van der Waals surface area contributed by atoms with E-state index in [1.165, 1.54) is 11.3 Å². The van der Waals surface area contributed by atoms with Crippen molar-refractivity contribution in [1.82, 2.24) is 10.3 Å². The van der Waals surface area contributed by atoms with E-state index in [0.29, 0.717) is 11.1 Å². The highest BCUT2D eigenvalue weighted by Gasteiger charge is 2.23. The molecule has 1 unspecified atom stereocenters. The summed E-state index contributed by atoms with van der Waals surface area (Å²) in [6.45, 7) is 5.62. The third kappa shape index (κ3) is 3.19. The summed E-state index contributed by atoms with van der Waals surface area (Å²) < 4.78 is 40.4. The van der Waals surface area contributed by atoms with Crippen LogP contribution in [0, 0.1) is 24.4 Å². The highest BCUT2D eigenvalue weighted by atomic mass is 32.1. The van der Waals surface area contributed by atoms with Gasteiger partial charge in [-0.2, -0.15) is 0 Å². The van der Waals surface area contributed by atoms with Crippen LogP contribution in [0.1, 0.15) is 36.2 Å². The van der Waals surface area contributed by atoms with Gasteiger partial charge < -0.3 is 5.32 Å². The lowest BCUT2D eigenvalue weighted by Gasteiger charge is -2.20. The van der Waals surface area contributed by atoms with Crippen LogP contribution in [0.25, 0.3) is 0 Å². The molecule has 1 aromatic heterocycles. The molecule has 2 rings (SSSR count). The summed E-state index contributed by atoms with van der Waals surface area (Å²) in [4.78, 5) is 4.31. The smallest absolute Gasteiger partial charge is 0.161 e. The number of benzene rings is 1. The number of thiazole rings is 1. The van der Waals surface area contributed by atoms with Crippen molar-refractivity contribution in [2.75, 3.05) is 0 Å². The van der Waals surface area contributed by atoms with Crippen LogP contribution in [0.15, 0.2) is 17.5 Å². The Morgan fingerprint density at radius 1 is 1.10 bits per heavy atom. The molecule has 0 aliphatic rings. The zero-order valence-corrected chi connectivity index (χ0v) is 12.2. The number of rotatable bonds is 4. The number of hydrogen-bond acceptors (Lipinski definition) is 3. The lowest BCUT2D eigenvalue weighted by Crippen LogP contribution is -2.29. The zero-order valence-electron chi connectivity index (χ0n) is 11.4. The maximum Gasteiger partial charge on any atom is 0.161 e. The fraction of sp³-hybridized carbons (Fsp3) is 0.357. The predicted octanol–water partition coefficient (Wildman–Crippen LogP) is 3.96. The molecule has 20 heavy (non-hydrogen) atoms. The minimum absolute atomic E-state index is 0.0386. The lowest BCUT2D eigenvalue weighted by atomic mass is 10.1. The third-order valence-corrected chi connectivity index (χ3v) is 3.76. The molecule has 1 N–H and O–H groups in total. The number of aromatic nitrogens is 1. The predicted molar refractivity (Wildman–Crippen MR) is 73.3 cm³/mol. The van der Waals surface area contributed by atoms with Crippen LogP contribution in [0.4, 0.5) is 13.2 Å². The maximum atomic E-state index is 14.0. The molecule has 0 fully saturated rings. The summed E-state index contributed by atoms with van der Waals surface area (Å²) in [7, 11) is 0. The third-order valence-electron chi connectivity index (χ3n) is 2.73. The Morgan fingerprint density at radius 2 is 1.75 bits per heavy atom. The zero-order chi connectivity index (χ0) is 14.9. The molecule has 0 saturated heterocycles. The standard InChI is InChI=1S/C14H15F3N2S/c1-7(2)18-13(14-19-8(3)6-20-14)9-4-11(16)12(17)5-10(9)15/h4-7,13,18H,1-3H3. The molecule has 0 aliphatic carbocycles. The van der Waals surface area contributed by atoms with E-state index in [0.717, 1.165) is 11.8 Å². The molecular weight excluding hydrogens is 285 g/mol. The van der Waals surface area contributed by atoms with Crippen LogP contribution in [0.5, 0.6) is 0 Å². The Kier molecular flexibility index (Phi) is 4.45. The van der Waals surface area contributed by atoms with Gasteiger partial charge in [0, 0.05) is 28.7 Å². The number of aryl methyl sites for hydroxylation is 1. The molecule has 108 valence electrons. The van der Waals surface area contributed by atoms with Crippen LogP contribution in [0.2, 0.25) is 0 Å². The second-order valence-corrected chi connectivity index (χ2v) is 5.76. The van der Waals surface area contributed by atoms with Crippen molar-refractivity contribution in [2.24, 2.45) is 0 Å². The normalized spacial score (nSPS) is 12.9. The van der Waals surface area contributed by atoms with E-state index in [1.54, 1.807) is 0 Å². The van der Waals surface area contributed by atoms with Crippen LogP contribution in [-0.4, -0.2) is 11.0 Å². The highest BCUT2D eigenvalue weighted by Crippen LogP contribution is 2.29. The molecule has 1 aromatic carbocycles. The van der Waals surface area contributed by atoms with Crippen molar-refractivity contribution < 1.29 is 13.2 Å². The lowest BCUT2D eigenvalue weighted by molar-refractivity contribution is 0.468. The van der Waals surface area contributed by atoms with Crippen molar-refractivity contribution in [3.05, 3.63) is 51.2 Å². The van der Waals surface area contributed by atoms with Gasteiger partial charge in [-0.25, -0.2) is 18.2 Å². The van der Waals surface area contributed by atoms with Gasteiger partial charge in [-0.05, 0) is 26.8 Å². The molecule has 6 heteroatoms. The summed E-state index contributed by atoms with van der Waals surface area (Å²) in [5, 5.41) is 5.59. The van der Waals surface area contributed by atoms with Gasteiger partial charge in [-0.1, -0.05) is 0 Å². The number of nitrogens with one attached hydrogen (secondary N) is 1.